The van der Waals surface area contributed by atoms with Crippen molar-refractivity contribution in [2.45, 2.75) is 26.0 Å². The summed E-state index contributed by atoms with van der Waals surface area (Å²) in [5.41, 5.74) is 1.32. The molecule has 0 spiro atoms. The molecule has 2 rings (SSSR count). The summed E-state index contributed by atoms with van der Waals surface area (Å²) in [4.78, 5) is 0. The maximum atomic E-state index is 5.62. The van der Waals surface area contributed by atoms with Crippen LogP contribution in [0.2, 0.25) is 0 Å². The van der Waals surface area contributed by atoms with Gasteiger partial charge in [0.15, 0.2) is 0 Å². The zero-order chi connectivity index (χ0) is 11.4. The highest BCUT2D eigenvalue weighted by atomic mass is 16.5. The van der Waals surface area contributed by atoms with E-state index in [1.807, 2.05) is 26.0 Å². The van der Waals surface area contributed by atoms with Crippen LogP contribution < -0.4 is 15.4 Å². The average Bonchev–Trinajstić information content (AvgIpc) is 2.30. The maximum Gasteiger partial charge on any atom is 0.119 e. The lowest BCUT2D eigenvalue weighted by Crippen LogP contribution is -2.42. The molecule has 1 unspecified atom stereocenters. The Bertz CT molecular complexity index is 315. The lowest BCUT2D eigenvalue weighted by Gasteiger charge is -2.25. The quantitative estimate of drug-likeness (QED) is 0.813. The Morgan fingerprint density at radius 3 is 2.50 bits per heavy atom. The molecule has 16 heavy (non-hydrogen) atoms. The van der Waals surface area contributed by atoms with E-state index in [2.05, 4.69) is 22.8 Å². The summed E-state index contributed by atoms with van der Waals surface area (Å²) >= 11 is 0. The van der Waals surface area contributed by atoms with Crippen molar-refractivity contribution in [1.29, 1.82) is 0 Å². The molecule has 1 saturated heterocycles. The molecule has 1 aromatic carbocycles. The zero-order valence-electron chi connectivity index (χ0n) is 9.99. The summed E-state index contributed by atoms with van der Waals surface area (Å²) in [6.07, 6.45) is 0.236. The SMILES string of the molecule is CC(C)Oc1ccc(C2CNCCN2)cc1. The predicted molar refractivity (Wildman–Crippen MR) is 65.8 cm³/mol. The van der Waals surface area contributed by atoms with Gasteiger partial charge in [-0.05, 0) is 31.5 Å². The Kier molecular flexibility index (Phi) is 3.80. The summed E-state index contributed by atoms with van der Waals surface area (Å²) in [7, 11) is 0. The number of benzene rings is 1. The second-order valence-electron chi connectivity index (χ2n) is 4.45. The molecule has 3 heteroatoms. The highest BCUT2D eigenvalue weighted by Crippen LogP contribution is 2.19. The smallest absolute Gasteiger partial charge is 0.119 e. The first-order chi connectivity index (χ1) is 7.75. The van der Waals surface area contributed by atoms with Gasteiger partial charge in [-0.1, -0.05) is 12.1 Å². The fourth-order valence-corrected chi connectivity index (χ4v) is 1.94. The molecule has 0 aliphatic carbocycles. The van der Waals surface area contributed by atoms with Crippen molar-refractivity contribution >= 4 is 0 Å². The summed E-state index contributed by atoms with van der Waals surface area (Å²) in [6, 6.07) is 8.81. The molecule has 1 aromatic rings. The zero-order valence-corrected chi connectivity index (χ0v) is 9.99. The molecular formula is C13H20N2O. The Hall–Kier alpha value is -1.06. The fraction of sp³-hybridized carbons (Fsp3) is 0.538. The lowest BCUT2D eigenvalue weighted by molar-refractivity contribution is 0.242. The summed E-state index contributed by atoms with van der Waals surface area (Å²) in [6.45, 7) is 7.19. The molecular weight excluding hydrogens is 200 g/mol. The normalized spacial score (nSPS) is 21.1. The van der Waals surface area contributed by atoms with Gasteiger partial charge in [-0.15, -0.1) is 0 Å². The molecule has 1 atom stereocenters. The third-order valence-electron chi connectivity index (χ3n) is 2.70. The van der Waals surface area contributed by atoms with Crippen LogP contribution in [0.1, 0.15) is 25.5 Å². The van der Waals surface area contributed by atoms with Gasteiger partial charge >= 0.3 is 0 Å². The van der Waals surface area contributed by atoms with E-state index in [0.29, 0.717) is 6.04 Å². The average molecular weight is 220 g/mol. The molecule has 2 N–H and O–H groups in total. The van der Waals surface area contributed by atoms with Crippen molar-refractivity contribution in [2.24, 2.45) is 0 Å². The van der Waals surface area contributed by atoms with Gasteiger partial charge in [-0.25, -0.2) is 0 Å². The molecule has 1 heterocycles. The molecule has 1 aliphatic rings. The highest BCUT2D eigenvalue weighted by molar-refractivity contribution is 5.29. The maximum absolute atomic E-state index is 5.62. The molecule has 1 aliphatic heterocycles. The van der Waals surface area contributed by atoms with Crippen LogP contribution in [0.4, 0.5) is 0 Å². The van der Waals surface area contributed by atoms with E-state index in [4.69, 9.17) is 4.74 Å². The standard InChI is InChI=1S/C13H20N2O/c1-10(2)16-12-5-3-11(4-6-12)13-9-14-7-8-15-13/h3-6,10,13-15H,7-9H2,1-2H3. The monoisotopic (exact) mass is 220 g/mol. The molecule has 0 saturated carbocycles. The Morgan fingerprint density at radius 1 is 1.19 bits per heavy atom. The van der Waals surface area contributed by atoms with Crippen LogP contribution in [0, 0.1) is 0 Å². The van der Waals surface area contributed by atoms with Gasteiger partial charge in [0.25, 0.3) is 0 Å². The second kappa shape index (κ2) is 5.32. The van der Waals surface area contributed by atoms with E-state index >= 15 is 0 Å². The number of ether oxygens (including phenoxy) is 1. The van der Waals surface area contributed by atoms with Crippen molar-refractivity contribution in [3.63, 3.8) is 0 Å². The Labute approximate surface area is 97.2 Å². The van der Waals surface area contributed by atoms with E-state index in [9.17, 15) is 0 Å². The Morgan fingerprint density at radius 2 is 1.94 bits per heavy atom. The minimum Gasteiger partial charge on any atom is -0.491 e. The molecule has 0 aromatic heterocycles. The van der Waals surface area contributed by atoms with Crippen molar-refractivity contribution in [2.75, 3.05) is 19.6 Å². The first-order valence-electron chi connectivity index (χ1n) is 5.96. The van der Waals surface area contributed by atoms with Gasteiger partial charge in [0.05, 0.1) is 6.10 Å². The minimum absolute atomic E-state index is 0.236. The van der Waals surface area contributed by atoms with Crippen LogP contribution in [0.3, 0.4) is 0 Å². The summed E-state index contributed by atoms with van der Waals surface area (Å²) in [5.74, 6) is 0.947. The number of piperazine rings is 1. The molecule has 3 nitrogen and oxygen atoms in total. The molecule has 0 bridgehead atoms. The lowest BCUT2D eigenvalue weighted by atomic mass is 10.1. The molecule has 88 valence electrons. The van der Waals surface area contributed by atoms with Gasteiger partial charge in [0.1, 0.15) is 5.75 Å². The van der Waals surface area contributed by atoms with Crippen molar-refractivity contribution < 1.29 is 4.74 Å². The fourth-order valence-electron chi connectivity index (χ4n) is 1.94. The van der Waals surface area contributed by atoms with E-state index in [-0.39, 0.29) is 6.10 Å². The third kappa shape index (κ3) is 2.97. The highest BCUT2D eigenvalue weighted by Gasteiger charge is 2.13. The number of rotatable bonds is 3. The van der Waals surface area contributed by atoms with E-state index in [1.165, 1.54) is 5.56 Å². The van der Waals surface area contributed by atoms with E-state index in [0.717, 1.165) is 25.4 Å². The molecule has 1 fully saturated rings. The second-order valence-corrected chi connectivity index (χ2v) is 4.45. The van der Waals surface area contributed by atoms with Crippen molar-refractivity contribution in [3.8, 4) is 5.75 Å². The van der Waals surface area contributed by atoms with Crippen LogP contribution in [0.25, 0.3) is 0 Å². The predicted octanol–water partition coefficient (Wildman–Crippen LogP) is 1.71. The van der Waals surface area contributed by atoms with Crippen LogP contribution in [-0.2, 0) is 0 Å². The summed E-state index contributed by atoms with van der Waals surface area (Å²) in [5, 5.41) is 6.88. The molecule has 0 amide bonds. The van der Waals surface area contributed by atoms with Crippen molar-refractivity contribution in [3.05, 3.63) is 29.8 Å². The van der Waals surface area contributed by atoms with Gasteiger partial charge in [-0.3, -0.25) is 0 Å². The van der Waals surface area contributed by atoms with Gasteiger partial charge in [-0.2, -0.15) is 0 Å². The van der Waals surface area contributed by atoms with Crippen LogP contribution in [-0.4, -0.2) is 25.7 Å². The topological polar surface area (TPSA) is 33.3 Å². The Balaban J connectivity index is 2.00. The third-order valence-corrected chi connectivity index (χ3v) is 2.70. The van der Waals surface area contributed by atoms with Gasteiger partial charge in [0.2, 0.25) is 0 Å². The van der Waals surface area contributed by atoms with Crippen LogP contribution in [0.15, 0.2) is 24.3 Å². The first-order valence-corrected chi connectivity index (χ1v) is 5.96. The summed E-state index contributed by atoms with van der Waals surface area (Å²) < 4.78 is 5.62. The number of nitrogens with one attached hydrogen (secondary N) is 2. The first kappa shape index (κ1) is 11.4. The largest absolute Gasteiger partial charge is 0.491 e. The van der Waals surface area contributed by atoms with Crippen LogP contribution >= 0.6 is 0 Å². The van der Waals surface area contributed by atoms with E-state index in [1.54, 1.807) is 0 Å². The van der Waals surface area contributed by atoms with Gasteiger partial charge < -0.3 is 15.4 Å². The number of hydrogen-bond acceptors (Lipinski definition) is 3. The van der Waals surface area contributed by atoms with E-state index < -0.39 is 0 Å². The van der Waals surface area contributed by atoms with Crippen LogP contribution in [0.5, 0.6) is 5.75 Å². The van der Waals surface area contributed by atoms with Gasteiger partial charge in [0, 0.05) is 25.7 Å². The number of hydrogen-bond donors (Lipinski definition) is 2. The minimum atomic E-state index is 0.236. The van der Waals surface area contributed by atoms with Crippen molar-refractivity contribution in [1.82, 2.24) is 10.6 Å². The molecule has 0 radical (unpaired) electrons.